The molecular weight excluding hydrogens is 358 g/mol. The second-order valence-corrected chi connectivity index (χ2v) is 6.25. The largest absolute Gasteiger partial charge is 0.352 e. The number of carbonyl (C=O) groups is 2. The van der Waals surface area contributed by atoms with Gasteiger partial charge >= 0.3 is 6.03 Å². The molecule has 1 aromatic rings. The molecule has 0 aliphatic carbocycles. The molecule has 1 rings (SSSR count). The Labute approximate surface area is 149 Å². The van der Waals surface area contributed by atoms with Gasteiger partial charge in [0.25, 0.3) is 5.91 Å². The van der Waals surface area contributed by atoms with Crippen LogP contribution < -0.4 is 27.2 Å². The first kappa shape index (κ1) is 19.3. The van der Waals surface area contributed by atoms with Gasteiger partial charge in [0.05, 0.1) is 0 Å². The van der Waals surface area contributed by atoms with Crippen LogP contribution in [-0.4, -0.2) is 35.1 Å². The van der Waals surface area contributed by atoms with Crippen molar-refractivity contribution in [3.63, 3.8) is 0 Å². The normalized spacial score (nSPS) is 11.2. The van der Waals surface area contributed by atoms with Gasteiger partial charge in [0.1, 0.15) is 6.04 Å². The van der Waals surface area contributed by atoms with Crippen molar-refractivity contribution >= 4 is 58.3 Å². The van der Waals surface area contributed by atoms with E-state index in [4.69, 9.17) is 29.6 Å². The maximum atomic E-state index is 12.0. The molecule has 0 fully saturated rings. The standard InChI is InChI=1S/C13H18ClN5O2S2/c1-23-7-6-10(17-12(15)21)11(20)18-19-13(22)16-9-4-2-8(14)3-5-9/h2-5,10H,6-7H2,1H3,(H,18,20)(H3,15,17,21)(H2,16,19,22)/t10-/m1/s1. The lowest BCUT2D eigenvalue weighted by Gasteiger charge is -2.18. The van der Waals surface area contributed by atoms with Gasteiger partial charge in [-0.1, -0.05) is 11.6 Å². The number of thioether (sulfide) groups is 1. The molecule has 0 saturated heterocycles. The maximum absolute atomic E-state index is 12.0. The number of thiocarbonyl (C=S) groups is 1. The summed E-state index contributed by atoms with van der Waals surface area (Å²) in [7, 11) is 0. The number of hydrogen-bond donors (Lipinski definition) is 5. The first-order chi connectivity index (χ1) is 10.9. The predicted octanol–water partition coefficient (Wildman–Crippen LogP) is 1.45. The third-order valence-corrected chi connectivity index (χ3v) is 3.75. The lowest BCUT2D eigenvalue weighted by atomic mass is 10.2. The second kappa shape index (κ2) is 10.1. The summed E-state index contributed by atoms with van der Waals surface area (Å²) >= 11 is 12.4. The first-order valence-corrected chi connectivity index (χ1v) is 8.77. The zero-order chi connectivity index (χ0) is 17.2. The summed E-state index contributed by atoms with van der Waals surface area (Å²) in [5.41, 5.74) is 10.8. The molecule has 7 nitrogen and oxygen atoms in total. The van der Waals surface area contributed by atoms with Crippen molar-refractivity contribution in [1.29, 1.82) is 0 Å². The van der Waals surface area contributed by atoms with Crippen LogP contribution in [0.5, 0.6) is 0 Å². The average Bonchev–Trinajstić information content (AvgIpc) is 2.51. The van der Waals surface area contributed by atoms with E-state index in [1.165, 1.54) is 0 Å². The molecule has 0 saturated carbocycles. The Balaban J connectivity index is 2.46. The van der Waals surface area contributed by atoms with E-state index in [1.54, 1.807) is 36.0 Å². The van der Waals surface area contributed by atoms with E-state index in [1.807, 2.05) is 6.26 Å². The molecule has 0 aromatic heterocycles. The molecule has 6 N–H and O–H groups in total. The van der Waals surface area contributed by atoms with Crippen LogP contribution in [0.1, 0.15) is 6.42 Å². The smallest absolute Gasteiger partial charge is 0.312 e. The Kier molecular flexibility index (Phi) is 8.52. The van der Waals surface area contributed by atoms with Crippen molar-refractivity contribution in [1.82, 2.24) is 16.2 Å². The molecule has 1 aromatic carbocycles. The third kappa shape index (κ3) is 7.91. The van der Waals surface area contributed by atoms with Crippen LogP contribution >= 0.6 is 35.6 Å². The van der Waals surface area contributed by atoms with Crippen LogP contribution in [0.3, 0.4) is 0 Å². The fraction of sp³-hybridized carbons (Fsp3) is 0.308. The quantitative estimate of drug-likeness (QED) is 0.380. The summed E-state index contributed by atoms with van der Waals surface area (Å²) in [5.74, 6) is 0.268. The van der Waals surface area contributed by atoms with E-state index in [9.17, 15) is 9.59 Å². The van der Waals surface area contributed by atoms with E-state index in [0.29, 0.717) is 17.2 Å². The molecule has 3 amide bonds. The van der Waals surface area contributed by atoms with Crippen LogP contribution in [0.4, 0.5) is 10.5 Å². The van der Waals surface area contributed by atoms with Gasteiger partial charge in [0.15, 0.2) is 5.11 Å². The Morgan fingerprint density at radius 2 is 1.96 bits per heavy atom. The van der Waals surface area contributed by atoms with E-state index >= 15 is 0 Å². The van der Waals surface area contributed by atoms with Gasteiger partial charge in [-0.2, -0.15) is 11.8 Å². The predicted molar refractivity (Wildman–Crippen MR) is 98.5 cm³/mol. The van der Waals surface area contributed by atoms with Crippen molar-refractivity contribution in [2.24, 2.45) is 5.73 Å². The summed E-state index contributed by atoms with van der Waals surface area (Å²) in [4.78, 5) is 23.0. The van der Waals surface area contributed by atoms with Gasteiger partial charge in [-0.25, -0.2) is 4.79 Å². The van der Waals surface area contributed by atoms with Gasteiger partial charge in [0.2, 0.25) is 0 Å². The van der Waals surface area contributed by atoms with Gasteiger partial charge < -0.3 is 16.4 Å². The Morgan fingerprint density at radius 1 is 1.30 bits per heavy atom. The summed E-state index contributed by atoms with van der Waals surface area (Å²) in [5, 5.41) is 6.07. The molecule has 0 heterocycles. The molecule has 0 aliphatic rings. The number of rotatable bonds is 6. The van der Waals surface area contributed by atoms with E-state index in [-0.39, 0.29) is 5.11 Å². The van der Waals surface area contributed by atoms with Crippen molar-refractivity contribution < 1.29 is 9.59 Å². The second-order valence-electron chi connectivity index (χ2n) is 4.42. The van der Waals surface area contributed by atoms with E-state index < -0.39 is 18.0 Å². The van der Waals surface area contributed by atoms with Crippen LogP contribution in [-0.2, 0) is 4.79 Å². The van der Waals surface area contributed by atoms with Crippen molar-refractivity contribution in [2.75, 3.05) is 17.3 Å². The SMILES string of the molecule is CSCC[C@@H](NC(N)=O)C(=O)NNC(=S)Nc1ccc(Cl)cc1. The molecule has 10 heteroatoms. The van der Waals surface area contributed by atoms with Gasteiger partial charge in [-0.05, 0) is 54.9 Å². The molecule has 1 atom stereocenters. The van der Waals surface area contributed by atoms with Crippen LogP contribution in [0, 0.1) is 0 Å². The number of hydrogen-bond acceptors (Lipinski definition) is 4. The monoisotopic (exact) mass is 375 g/mol. The number of benzene rings is 1. The molecule has 0 bridgehead atoms. The number of nitrogens with one attached hydrogen (secondary N) is 4. The van der Waals surface area contributed by atoms with Gasteiger partial charge in [-0.3, -0.25) is 15.6 Å². The van der Waals surface area contributed by atoms with Crippen LogP contribution in [0.25, 0.3) is 0 Å². The Bertz CT molecular complexity index is 556. The summed E-state index contributed by atoms with van der Waals surface area (Å²) in [6, 6.07) is 5.42. The fourth-order valence-corrected chi connectivity index (χ4v) is 2.34. The van der Waals surface area contributed by atoms with E-state index in [0.717, 1.165) is 5.69 Å². The molecule has 0 aliphatic heterocycles. The zero-order valence-electron chi connectivity index (χ0n) is 12.4. The van der Waals surface area contributed by atoms with Crippen LogP contribution in [0.15, 0.2) is 24.3 Å². The van der Waals surface area contributed by atoms with Gasteiger partial charge in [-0.15, -0.1) is 0 Å². The molecular formula is C13H18ClN5O2S2. The van der Waals surface area contributed by atoms with Crippen molar-refractivity contribution in [3.05, 3.63) is 29.3 Å². The highest BCUT2D eigenvalue weighted by atomic mass is 35.5. The highest BCUT2D eigenvalue weighted by molar-refractivity contribution is 7.98. The summed E-state index contributed by atoms with van der Waals surface area (Å²) in [6.45, 7) is 0. The topological polar surface area (TPSA) is 108 Å². The highest BCUT2D eigenvalue weighted by Gasteiger charge is 2.19. The number of anilines is 1. The molecule has 0 radical (unpaired) electrons. The minimum Gasteiger partial charge on any atom is -0.352 e. The molecule has 23 heavy (non-hydrogen) atoms. The molecule has 0 spiro atoms. The van der Waals surface area contributed by atoms with Crippen molar-refractivity contribution in [3.8, 4) is 0 Å². The molecule has 0 unspecified atom stereocenters. The minimum absolute atomic E-state index is 0.198. The average molecular weight is 376 g/mol. The number of amides is 3. The first-order valence-electron chi connectivity index (χ1n) is 6.59. The highest BCUT2D eigenvalue weighted by Crippen LogP contribution is 2.12. The van der Waals surface area contributed by atoms with Crippen LogP contribution in [0.2, 0.25) is 5.02 Å². The number of hydrazine groups is 1. The van der Waals surface area contributed by atoms with Gasteiger partial charge in [0, 0.05) is 10.7 Å². The maximum Gasteiger partial charge on any atom is 0.312 e. The zero-order valence-corrected chi connectivity index (χ0v) is 14.8. The lowest BCUT2D eigenvalue weighted by Crippen LogP contribution is -2.54. The van der Waals surface area contributed by atoms with E-state index in [2.05, 4.69) is 21.5 Å². The number of carbonyl (C=O) groups excluding carboxylic acids is 2. The summed E-state index contributed by atoms with van der Waals surface area (Å²) < 4.78 is 0. The summed E-state index contributed by atoms with van der Waals surface area (Å²) in [6.07, 6.45) is 2.36. The third-order valence-electron chi connectivity index (χ3n) is 2.64. The minimum atomic E-state index is -0.756. The Hall–Kier alpha value is -1.71. The Morgan fingerprint density at radius 3 is 2.52 bits per heavy atom. The number of halogens is 1. The lowest BCUT2D eigenvalue weighted by molar-refractivity contribution is -0.123. The van der Waals surface area contributed by atoms with Crippen molar-refractivity contribution in [2.45, 2.75) is 12.5 Å². The molecule has 126 valence electrons. The number of primary amides is 1. The number of urea groups is 1. The number of nitrogens with two attached hydrogens (primary N) is 1. The fourth-order valence-electron chi connectivity index (χ4n) is 1.58.